The smallest absolute Gasteiger partial charge is 0.238 e. The first-order valence-electron chi connectivity index (χ1n) is 6.62. The summed E-state index contributed by atoms with van der Waals surface area (Å²) >= 11 is 1.08. The highest BCUT2D eigenvalue weighted by atomic mass is 32.2. The normalized spacial score (nSPS) is 12.7. The van der Waals surface area contributed by atoms with Crippen LogP contribution in [0.4, 0.5) is 10.1 Å². The van der Waals surface area contributed by atoms with Gasteiger partial charge in [0.15, 0.2) is 0 Å². The Morgan fingerprint density at radius 3 is 2.57 bits per heavy atom. The third-order valence-corrected chi connectivity index (χ3v) is 5.00. The van der Waals surface area contributed by atoms with Gasteiger partial charge in [0.05, 0.1) is 10.1 Å². The van der Waals surface area contributed by atoms with E-state index in [2.05, 4.69) is 5.32 Å². The van der Waals surface area contributed by atoms with Crippen LogP contribution in [0.3, 0.4) is 0 Å². The number of primary sulfonamides is 1. The van der Waals surface area contributed by atoms with Crippen molar-refractivity contribution >= 4 is 33.4 Å². The Morgan fingerprint density at radius 2 is 1.91 bits per heavy atom. The molecule has 0 aromatic heterocycles. The fraction of sp³-hybridized carbons (Fsp3) is 0.133. The van der Waals surface area contributed by atoms with Gasteiger partial charge in [0.2, 0.25) is 15.9 Å². The Labute approximate surface area is 138 Å². The molecule has 0 bridgehead atoms. The van der Waals surface area contributed by atoms with Crippen LogP contribution >= 0.6 is 11.8 Å². The van der Waals surface area contributed by atoms with Gasteiger partial charge in [-0.1, -0.05) is 18.2 Å². The maximum absolute atomic E-state index is 13.6. The van der Waals surface area contributed by atoms with E-state index in [0.717, 1.165) is 11.8 Å². The number of benzene rings is 2. The SMILES string of the molecule is CC(Sc1ccccc1F)C(=O)Nc1cccc(S(N)(=O)=O)c1. The lowest BCUT2D eigenvalue weighted by Crippen LogP contribution is -2.22. The van der Waals surface area contributed by atoms with Crippen molar-refractivity contribution in [3.8, 4) is 0 Å². The number of carbonyl (C=O) groups excluding carboxylic acids is 1. The molecule has 3 N–H and O–H groups in total. The molecule has 0 aliphatic heterocycles. The Balaban J connectivity index is 2.08. The Bertz CT molecular complexity index is 825. The van der Waals surface area contributed by atoms with Crippen LogP contribution in [-0.4, -0.2) is 19.6 Å². The van der Waals surface area contributed by atoms with E-state index < -0.39 is 21.1 Å². The molecule has 122 valence electrons. The zero-order valence-corrected chi connectivity index (χ0v) is 13.8. The average Bonchev–Trinajstić information content (AvgIpc) is 2.49. The second-order valence-electron chi connectivity index (χ2n) is 4.75. The van der Waals surface area contributed by atoms with Gasteiger partial charge < -0.3 is 5.32 Å². The van der Waals surface area contributed by atoms with E-state index in [4.69, 9.17) is 5.14 Å². The highest BCUT2D eigenvalue weighted by Gasteiger charge is 2.17. The third-order valence-electron chi connectivity index (χ3n) is 2.94. The molecule has 1 unspecified atom stereocenters. The summed E-state index contributed by atoms with van der Waals surface area (Å²) in [6.07, 6.45) is 0. The molecule has 2 rings (SSSR count). The summed E-state index contributed by atoms with van der Waals surface area (Å²) in [4.78, 5) is 12.4. The molecular weight excluding hydrogens is 339 g/mol. The van der Waals surface area contributed by atoms with Crippen LogP contribution in [0.25, 0.3) is 0 Å². The molecule has 1 amide bonds. The van der Waals surface area contributed by atoms with Crippen LogP contribution in [0.5, 0.6) is 0 Å². The van der Waals surface area contributed by atoms with Gasteiger partial charge in [-0.25, -0.2) is 17.9 Å². The summed E-state index contributed by atoms with van der Waals surface area (Å²) in [5.74, 6) is -0.766. The maximum Gasteiger partial charge on any atom is 0.238 e. The van der Waals surface area contributed by atoms with Gasteiger partial charge in [0.25, 0.3) is 0 Å². The number of halogens is 1. The van der Waals surface area contributed by atoms with Crippen molar-refractivity contribution in [2.75, 3.05) is 5.32 Å². The monoisotopic (exact) mass is 354 g/mol. The molecular formula is C15H15FN2O3S2. The van der Waals surface area contributed by atoms with Gasteiger partial charge in [-0.15, -0.1) is 11.8 Å². The fourth-order valence-corrected chi connectivity index (χ4v) is 3.22. The molecule has 2 aromatic rings. The number of anilines is 1. The van der Waals surface area contributed by atoms with Gasteiger partial charge >= 0.3 is 0 Å². The lowest BCUT2D eigenvalue weighted by Gasteiger charge is -2.13. The molecule has 0 aliphatic carbocycles. The van der Waals surface area contributed by atoms with Crippen LogP contribution in [0.1, 0.15) is 6.92 Å². The summed E-state index contributed by atoms with van der Waals surface area (Å²) in [5, 5.41) is 7.08. The van der Waals surface area contributed by atoms with Crippen molar-refractivity contribution in [3.63, 3.8) is 0 Å². The first-order valence-corrected chi connectivity index (χ1v) is 9.05. The molecule has 0 saturated heterocycles. The van der Waals surface area contributed by atoms with Crippen molar-refractivity contribution in [2.24, 2.45) is 5.14 Å². The molecule has 0 radical (unpaired) electrons. The molecule has 5 nitrogen and oxygen atoms in total. The van der Waals surface area contributed by atoms with Crippen molar-refractivity contribution < 1.29 is 17.6 Å². The molecule has 0 fully saturated rings. The first kappa shape index (κ1) is 17.5. The Hall–Kier alpha value is -1.90. The van der Waals surface area contributed by atoms with Gasteiger partial charge in [0.1, 0.15) is 5.82 Å². The molecule has 0 heterocycles. The number of nitrogens with one attached hydrogen (secondary N) is 1. The fourth-order valence-electron chi connectivity index (χ4n) is 1.78. The highest BCUT2D eigenvalue weighted by Crippen LogP contribution is 2.26. The predicted molar refractivity (Wildman–Crippen MR) is 88.2 cm³/mol. The first-order chi connectivity index (χ1) is 10.8. The molecule has 0 saturated carbocycles. The minimum atomic E-state index is -3.84. The number of nitrogens with two attached hydrogens (primary N) is 1. The van der Waals surface area contributed by atoms with Crippen LogP contribution in [0.15, 0.2) is 58.3 Å². The minimum absolute atomic E-state index is 0.0929. The molecule has 8 heteroatoms. The highest BCUT2D eigenvalue weighted by molar-refractivity contribution is 8.00. The quantitative estimate of drug-likeness (QED) is 0.808. The van der Waals surface area contributed by atoms with E-state index in [9.17, 15) is 17.6 Å². The summed E-state index contributed by atoms with van der Waals surface area (Å²) in [5.41, 5.74) is 0.308. The molecule has 0 spiro atoms. The predicted octanol–water partition coefficient (Wildman–Crippen LogP) is 2.59. The van der Waals surface area contributed by atoms with Gasteiger partial charge in [-0.3, -0.25) is 4.79 Å². The van der Waals surface area contributed by atoms with Crippen molar-refractivity contribution in [1.29, 1.82) is 0 Å². The number of amides is 1. The second kappa shape index (κ2) is 7.12. The zero-order valence-electron chi connectivity index (χ0n) is 12.2. The number of thioether (sulfide) groups is 1. The molecule has 1 atom stereocenters. The lowest BCUT2D eigenvalue weighted by molar-refractivity contribution is -0.115. The summed E-state index contributed by atoms with van der Waals surface area (Å²) in [6, 6.07) is 11.8. The maximum atomic E-state index is 13.6. The number of carbonyl (C=O) groups is 1. The van der Waals surface area contributed by atoms with Gasteiger partial charge in [-0.2, -0.15) is 0 Å². The lowest BCUT2D eigenvalue weighted by atomic mass is 10.3. The van der Waals surface area contributed by atoms with Crippen molar-refractivity contribution in [2.45, 2.75) is 22.0 Å². The molecule has 0 aliphatic rings. The summed E-state index contributed by atoms with van der Waals surface area (Å²) in [6.45, 7) is 1.63. The van der Waals surface area contributed by atoms with E-state index >= 15 is 0 Å². The van der Waals surface area contributed by atoms with Crippen molar-refractivity contribution in [3.05, 3.63) is 54.3 Å². The van der Waals surface area contributed by atoms with E-state index in [1.807, 2.05) is 0 Å². The van der Waals surface area contributed by atoms with Crippen LogP contribution in [0, 0.1) is 5.82 Å². The number of hydrogen-bond acceptors (Lipinski definition) is 4. The van der Waals surface area contributed by atoms with E-state index in [-0.39, 0.29) is 10.8 Å². The van der Waals surface area contributed by atoms with Crippen LogP contribution < -0.4 is 10.5 Å². The number of hydrogen-bond donors (Lipinski definition) is 2. The minimum Gasteiger partial charge on any atom is -0.325 e. The average molecular weight is 354 g/mol. The standard InChI is InChI=1S/C15H15FN2O3S2/c1-10(22-14-8-3-2-7-13(14)16)15(19)18-11-5-4-6-12(9-11)23(17,20)21/h2-10H,1H3,(H,18,19)(H2,17,20,21). The van der Waals surface area contributed by atoms with E-state index in [1.165, 1.54) is 24.3 Å². The van der Waals surface area contributed by atoms with E-state index in [1.54, 1.807) is 31.2 Å². The van der Waals surface area contributed by atoms with Crippen LogP contribution in [-0.2, 0) is 14.8 Å². The largest absolute Gasteiger partial charge is 0.325 e. The molecule has 23 heavy (non-hydrogen) atoms. The number of rotatable bonds is 5. The van der Waals surface area contributed by atoms with E-state index in [0.29, 0.717) is 10.6 Å². The topological polar surface area (TPSA) is 89.3 Å². The number of sulfonamides is 1. The van der Waals surface area contributed by atoms with Crippen molar-refractivity contribution in [1.82, 2.24) is 0 Å². The summed E-state index contributed by atoms with van der Waals surface area (Å²) < 4.78 is 36.2. The zero-order chi connectivity index (χ0) is 17.0. The Morgan fingerprint density at radius 1 is 1.22 bits per heavy atom. The Kier molecular flexibility index (Phi) is 5.40. The molecule has 2 aromatic carbocycles. The van der Waals surface area contributed by atoms with Gasteiger partial charge in [-0.05, 0) is 37.3 Å². The second-order valence-corrected chi connectivity index (χ2v) is 7.70. The third kappa shape index (κ3) is 4.78. The van der Waals surface area contributed by atoms with Crippen LogP contribution in [0.2, 0.25) is 0 Å². The van der Waals surface area contributed by atoms with Gasteiger partial charge in [0, 0.05) is 10.6 Å². The summed E-state index contributed by atoms with van der Waals surface area (Å²) in [7, 11) is -3.84.